The van der Waals surface area contributed by atoms with Gasteiger partial charge in [0, 0.05) is 18.3 Å². The quantitative estimate of drug-likeness (QED) is 0.593. The Hall–Kier alpha value is -2.63. The molecule has 1 amide bonds. The number of halogens is 1. The number of anilines is 1. The molecule has 1 saturated heterocycles. The number of aromatic nitrogens is 2. The molecule has 0 spiro atoms. The molecule has 4 rings (SSSR count). The van der Waals surface area contributed by atoms with Gasteiger partial charge in [-0.1, -0.05) is 48.4 Å². The molecule has 1 aromatic heterocycles. The van der Waals surface area contributed by atoms with E-state index in [0.29, 0.717) is 22.5 Å². The second kappa shape index (κ2) is 9.02. The maximum atomic E-state index is 12.9. The van der Waals surface area contributed by atoms with Crippen molar-refractivity contribution in [2.45, 2.75) is 45.7 Å². The summed E-state index contributed by atoms with van der Waals surface area (Å²) in [5.74, 6) is -0.253. The Labute approximate surface area is 182 Å². The number of nitrogens with zero attached hydrogens (tertiary/aromatic N) is 3. The average Bonchev–Trinajstić information content (AvgIpc) is 3.06. The molecule has 6 heteroatoms. The van der Waals surface area contributed by atoms with Gasteiger partial charge in [0.05, 0.1) is 11.4 Å². The number of amides is 1. The summed E-state index contributed by atoms with van der Waals surface area (Å²) in [7, 11) is 0. The average molecular weight is 423 g/mol. The van der Waals surface area contributed by atoms with Gasteiger partial charge in [-0.25, -0.2) is 4.68 Å². The molecule has 0 aliphatic carbocycles. The highest BCUT2D eigenvalue weighted by atomic mass is 35.5. The van der Waals surface area contributed by atoms with Crippen molar-refractivity contribution in [1.29, 1.82) is 0 Å². The number of hydrogen-bond donors (Lipinski definition) is 1. The predicted molar refractivity (Wildman–Crippen MR) is 121 cm³/mol. The first-order chi connectivity index (χ1) is 14.5. The molecule has 0 saturated carbocycles. The highest BCUT2D eigenvalue weighted by Crippen LogP contribution is 2.25. The Bertz CT molecular complexity index is 1010. The highest BCUT2D eigenvalue weighted by Gasteiger charge is 2.21. The molecular weight excluding hydrogens is 396 g/mol. The van der Waals surface area contributed by atoms with Crippen LogP contribution in [0.3, 0.4) is 0 Å². The number of rotatable bonds is 5. The third kappa shape index (κ3) is 4.42. The number of benzene rings is 2. The zero-order valence-electron chi connectivity index (χ0n) is 17.4. The van der Waals surface area contributed by atoms with Gasteiger partial charge in [-0.3, -0.25) is 9.69 Å². The van der Waals surface area contributed by atoms with Gasteiger partial charge in [-0.05, 0) is 63.1 Å². The van der Waals surface area contributed by atoms with Crippen molar-refractivity contribution in [3.05, 3.63) is 76.6 Å². The molecule has 30 heavy (non-hydrogen) atoms. The normalized spacial score (nSPS) is 17.1. The molecule has 2 heterocycles. The summed E-state index contributed by atoms with van der Waals surface area (Å²) in [6, 6.07) is 18.3. The Morgan fingerprint density at radius 3 is 2.57 bits per heavy atom. The molecule has 156 valence electrons. The minimum atomic E-state index is -0.253. The predicted octanol–water partition coefficient (Wildman–Crippen LogP) is 5.46. The lowest BCUT2D eigenvalue weighted by molar-refractivity contribution is 0.102. The zero-order valence-corrected chi connectivity index (χ0v) is 18.2. The van der Waals surface area contributed by atoms with E-state index in [4.69, 9.17) is 11.6 Å². The summed E-state index contributed by atoms with van der Waals surface area (Å²) < 4.78 is 1.59. The van der Waals surface area contributed by atoms with Crippen molar-refractivity contribution in [2.75, 3.05) is 11.9 Å². The van der Waals surface area contributed by atoms with Gasteiger partial charge in [0.1, 0.15) is 10.7 Å². The van der Waals surface area contributed by atoms with Gasteiger partial charge in [-0.15, -0.1) is 0 Å². The zero-order chi connectivity index (χ0) is 21.1. The minimum Gasteiger partial charge on any atom is -0.322 e. The summed E-state index contributed by atoms with van der Waals surface area (Å²) >= 11 is 6.51. The van der Waals surface area contributed by atoms with Crippen LogP contribution in [0.4, 0.5) is 5.69 Å². The van der Waals surface area contributed by atoms with Crippen LogP contribution in [0.1, 0.15) is 47.8 Å². The van der Waals surface area contributed by atoms with Crippen LogP contribution >= 0.6 is 11.6 Å². The maximum Gasteiger partial charge on any atom is 0.260 e. The SMILES string of the molecule is Cc1nn(-c2ccccc2)c(Cl)c1C(=O)Nc1ccc(CN2CCCCC2C)cc1. The highest BCUT2D eigenvalue weighted by molar-refractivity contribution is 6.34. The number of carbonyl (C=O) groups is 1. The Morgan fingerprint density at radius 2 is 1.87 bits per heavy atom. The molecule has 0 bridgehead atoms. The molecule has 1 unspecified atom stereocenters. The van der Waals surface area contributed by atoms with Gasteiger partial charge in [-0.2, -0.15) is 5.10 Å². The van der Waals surface area contributed by atoms with E-state index in [2.05, 4.69) is 34.4 Å². The number of aryl methyl sites for hydroxylation is 1. The van der Waals surface area contributed by atoms with Crippen molar-refractivity contribution in [3.63, 3.8) is 0 Å². The number of nitrogens with one attached hydrogen (secondary N) is 1. The third-order valence-corrected chi connectivity index (χ3v) is 6.12. The molecule has 1 N–H and O–H groups in total. The van der Waals surface area contributed by atoms with Crippen molar-refractivity contribution in [2.24, 2.45) is 0 Å². The Balaban J connectivity index is 1.46. The van der Waals surface area contributed by atoms with E-state index < -0.39 is 0 Å². The molecule has 1 atom stereocenters. The van der Waals surface area contributed by atoms with Crippen LogP contribution in [0.25, 0.3) is 5.69 Å². The van der Waals surface area contributed by atoms with E-state index >= 15 is 0 Å². The summed E-state index contributed by atoms with van der Waals surface area (Å²) in [6.07, 6.45) is 3.87. The van der Waals surface area contributed by atoms with Gasteiger partial charge >= 0.3 is 0 Å². The van der Waals surface area contributed by atoms with Gasteiger partial charge < -0.3 is 5.32 Å². The van der Waals surface area contributed by atoms with Crippen LogP contribution in [0.15, 0.2) is 54.6 Å². The van der Waals surface area contributed by atoms with E-state index in [9.17, 15) is 4.79 Å². The Kier molecular flexibility index (Phi) is 6.21. The smallest absolute Gasteiger partial charge is 0.260 e. The summed E-state index contributed by atoms with van der Waals surface area (Å²) in [5, 5.41) is 7.71. The molecule has 3 aromatic rings. The summed E-state index contributed by atoms with van der Waals surface area (Å²) in [6.45, 7) is 6.20. The second-order valence-electron chi connectivity index (χ2n) is 7.96. The first-order valence-electron chi connectivity index (χ1n) is 10.5. The molecule has 5 nitrogen and oxygen atoms in total. The van der Waals surface area contributed by atoms with Crippen molar-refractivity contribution < 1.29 is 4.79 Å². The first kappa shape index (κ1) is 20.6. The first-order valence-corrected chi connectivity index (χ1v) is 10.9. The van der Waals surface area contributed by atoms with E-state index in [1.165, 1.54) is 24.8 Å². The van der Waals surface area contributed by atoms with E-state index in [1.807, 2.05) is 42.5 Å². The fourth-order valence-corrected chi connectivity index (χ4v) is 4.37. The lowest BCUT2D eigenvalue weighted by atomic mass is 10.0. The third-order valence-electron chi connectivity index (χ3n) is 5.77. The Morgan fingerprint density at radius 1 is 1.13 bits per heavy atom. The largest absolute Gasteiger partial charge is 0.322 e. The van der Waals surface area contributed by atoms with E-state index in [0.717, 1.165) is 24.5 Å². The number of para-hydroxylation sites is 1. The topological polar surface area (TPSA) is 50.2 Å². The van der Waals surface area contributed by atoms with Crippen molar-refractivity contribution >= 4 is 23.2 Å². The van der Waals surface area contributed by atoms with Crippen LogP contribution < -0.4 is 5.32 Å². The van der Waals surface area contributed by atoms with E-state index in [1.54, 1.807) is 11.6 Å². The van der Waals surface area contributed by atoms with Gasteiger partial charge in [0.25, 0.3) is 5.91 Å². The minimum absolute atomic E-state index is 0.253. The second-order valence-corrected chi connectivity index (χ2v) is 8.32. The lowest BCUT2D eigenvalue weighted by Crippen LogP contribution is -2.36. The molecule has 1 aliphatic heterocycles. The molecule has 1 aliphatic rings. The number of likely N-dealkylation sites (tertiary alicyclic amines) is 1. The van der Waals surface area contributed by atoms with Gasteiger partial charge in [0.15, 0.2) is 0 Å². The van der Waals surface area contributed by atoms with Crippen LogP contribution in [0.2, 0.25) is 5.15 Å². The van der Waals surface area contributed by atoms with Crippen LogP contribution in [0.5, 0.6) is 0 Å². The van der Waals surface area contributed by atoms with Crippen molar-refractivity contribution in [1.82, 2.24) is 14.7 Å². The molecule has 0 radical (unpaired) electrons. The monoisotopic (exact) mass is 422 g/mol. The molecule has 1 fully saturated rings. The number of carbonyl (C=O) groups excluding carboxylic acids is 1. The molecule has 2 aromatic carbocycles. The lowest BCUT2D eigenvalue weighted by Gasteiger charge is -2.33. The number of hydrogen-bond acceptors (Lipinski definition) is 3. The molecular formula is C24H27ClN4O. The van der Waals surface area contributed by atoms with Crippen LogP contribution in [-0.2, 0) is 6.54 Å². The maximum absolute atomic E-state index is 12.9. The fourth-order valence-electron chi connectivity index (χ4n) is 4.01. The van der Waals surface area contributed by atoms with Crippen LogP contribution in [0, 0.1) is 6.92 Å². The summed E-state index contributed by atoms with van der Waals surface area (Å²) in [4.78, 5) is 15.4. The fraction of sp³-hybridized carbons (Fsp3) is 0.333. The number of piperidine rings is 1. The van der Waals surface area contributed by atoms with Gasteiger partial charge in [0.2, 0.25) is 0 Å². The van der Waals surface area contributed by atoms with Crippen LogP contribution in [-0.4, -0.2) is 33.2 Å². The van der Waals surface area contributed by atoms with E-state index in [-0.39, 0.29) is 5.91 Å². The van der Waals surface area contributed by atoms with Crippen molar-refractivity contribution in [3.8, 4) is 5.69 Å². The summed E-state index contributed by atoms with van der Waals surface area (Å²) in [5.41, 5.74) is 3.82. The standard InChI is InChI=1S/C24H27ClN4O/c1-17-8-6-7-15-28(17)16-19-11-13-20(14-12-19)26-24(30)22-18(2)27-29(23(22)25)21-9-4-3-5-10-21/h3-5,9-14,17H,6-8,15-16H2,1-2H3,(H,26,30).